The maximum absolute atomic E-state index is 11.1. The van der Waals surface area contributed by atoms with Crippen LogP contribution in [0.4, 0.5) is 5.82 Å². The highest BCUT2D eigenvalue weighted by Crippen LogP contribution is 2.02. The Kier molecular flexibility index (Phi) is 3.29. The lowest BCUT2D eigenvalue weighted by Gasteiger charge is -2.10. The van der Waals surface area contributed by atoms with E-state index >= 15 is 0 Å². The van der Waals surface area contributed by atoms with Gasteiger partial charge in [0.25, 0.3) is 5.56 Å². The van der Waals surface area contributed by atoms with E-state index in [-0.39, 0.29) is 11.6 Å². The largest absolute Gasteiger partial charge is 0.356 e. The van der Waals surface area contributed by atoms with E-state index in [1.165, 1.54) is 6.07 Å². The Morgan fingerprint density at radius 3 is 3.00 bits per heavy atom. The van der Waals surface area contributed by atoms with Crippen molar-refractivity contribution in [2.75, 3.05) is 5.32 Å². The molecule has 1 unspecified atom stereocenters. The van der Waals surface area contributed by atoms with Crippen molar-refractivity contribution in [2.45, 2.75) is 26.3 Å². The quantitative estimate of drug-likeness (QED) is 0.698. The fourth-order valence-electron chi connectivity index (χ4n) is 1.09. The maximum Gasteiger partial charge on any atom is 0.252 e. The van der Waals surface area contributed by atoms with Gasteiger partial charge in [-0.1, -0.05) is 12.8 Å². The highest BCUT2D eigenvalue weighted by molar-refractivity contribution is 5.36. The Hall–Kier alpha value is -1.76. The summed E-state index contributed by atoms with van der Waals surface area (Å²) in [6.45, 7) is 3.70. The minimum absolute atomic E-state index is 0.0799. The standard InChI is InChI=1S/C10H13N3O/c1-4-8(5-2)13-9-6-10(14)12-7(3)11-9/h1,6,8H,5H2,2-3H3,(H2,11,12,13,14). The van der Waals surface area contributed by atoms with Crippen molar-refractivity contribution in [3.8, 4) is 12.3 Å². The van der Waals surface area contributed by atoms with E-state index in [0.717, 1.165) is 6.42 Å². The predicted molar refractivity (Wildman–Crippen MR) is 56.1 cm³/mol. The molecule has 0 aliphatic heterocycles. The van der Waals surface area contributed by atoms with Crippen LogP contribution in [-0.2, 0) is 0 Å². The van der Waals surface area contributed by atoms with Crippen molar-refractivity contribution < 1.29 is 0 Å². The summed E-state index contributed by atoms with van der Waals surface area (Å²) >= 11 is 0. The van der Waals surface area contributed by atoms with Crippen molar-refractivity contribution in [2.24, 2.45) is 0 Å². The molecule has 0 radical (unpaired) electrons. The molecule has 0 aromatic carbocycles. The Balaban J connectivity index is 2.87. The number of nitrogens with zero attached hydrogens (tertiary/aromatic N) is 1. The molecule has 0 fully saturated rings. The monoisotopic (exact) mass is 191 g/mol. The van der Waals surface area contributed by atoms with Gasteiger partial charge >= 0.3 is 0 Å². The van der Waals surface area contributed by atoms with Gasteiger partial charge in [0.2, 0.25) is 0 Å². The first-order valence-corrected chi connectivity index (χ1v) is 4.46. The smallest absolute Gasteiger partial charge is 0.252 e. The molecule has 1 aromatic heterocycles. The van der Waals surface area contributed by atoms with Gasteiger partial charge in [-0.3, -0.25) is 4.79 Å². The Morgan fingerprint density at radius 1 is 1.79 bits per heavy atom. The molecular formula is C10H13N3O. The van der Waals surface area contributed by atoms with Crippen molar-refractivity contribution >= 4 is 5.82 Å². The number of H-pyrrole nitrogens is 1. The average Bonchev–Trinajstić information content (AvgIpc) is 2.12. The first kappa shape index (κ1) is 10.3. The van der Waals surface area contributed by atoms with Crippen LogP contribution in [0.15, 0.2) is 10.9 Å². The van der Waals surface area contributed by atoms with E-state index in [0.29, 0.717) is 11.6 Å². The molecule has 0 spiro atoms. The number of aromatic amines is 1. The van der Waals surface area contributed by atoms with E-state index in [1.54, 1.807) is 6.92 Å². The number of rotatable bonds is 3. The van der Waals surface area contributed by atoms with Crippen LogP contribution in [0, 0.1) is 19.3 Å². The van der Waals surface area contributed by atoms with Gasteiger partial charge < -0.3 is 10.3 Å². The molecule has 1 aromatic rings. The molecule has 1 atom stereocenters. The Labute approximate surface area is 82.8 Å². The molecule has 1 heterocycles. The first-order valence-electron chi connectivity index (χ1n) is 4.46. The molecule has 0 aliphatic carbocycles. The third-order valence-corrected chi connectivity index (χ3v) is 1.79. The lowest BCUT2D eigenvalue weighted by Crippen LogP contribution is -2.19. The van der Waals surface area contributed by atoms with Crippen molar-refractivity contribution in [1.82, 2.24) is 9.97 Å². The highest BCUT2D eigenvalue weighted by Gasteiger charge is 2.03. The van der Waals surface area contributed by atoms with E-state index < -0.39 is 0 Å². The average molecular weight is 191 g/mol. The minimum atomic E-state index is -0.174. The fraction of sp³-hybridized carbons (Fsp3) is 0.400. The number of anilines is 1. The van der Waals surface area contributed by atoms with E-state index in [1.807, 2.05) is 6.92 Å². The van der Waals surface area contributed by atoms with Crippen LogP contribution in [0.1, 0.15) is 19.2 Å². The Bertz CT molecular complexity index is 403. The summed E-state index contributed by atoms with van der Waals surface area (Å²) in [4.78, 5) is 17.8. The van der Waals surface area contributed by atoms with Crippen LogP contribution in [0.3, 0.4) is 0 Å². The molecule has 0 amide bonds. The lowest BCUT2D eigenvalue weighted by molar-refractivity contribution is 0.844. The van der Waals surface area contributed by atoms with Gasteiger partial charge in [-0.05, 0) is 13.3 Å². The topological polar surface area (TPSA) is 57.8 Å². The fourth-order valence-corrected chi connectivity index (χ4v) is 1.09. The Morgan fingerprint density at radius 2 is 2.50 bits per heavy atom. The van der Waals surface area contributed by atoms with E-state index in [4.69, 9.17) is 6.42 Å². The summed E-state index contributed by atoms with van der Waals surface area (Å²) in [7, 11) is 0. The zero-order valence-electron chi connectivity index (χ0n) is 8.29. The number of terminal acetylenes is 1. The third kappa shape index (κ3) is 2.63. The molecule has 2 N–H and O–H groups in total. The maximum atomic E-state index is 11.1. The summed E-state index contributed by atoms with van der Waals surface area (Å²) in [6, 6.07) is 1.32. The molecule has 0 bridgehead atoms. The van der Waals surface area contributed by atoms with Crippen LogP contribution in [0.5, 0.6) is 0 Å². The summed E-state index contributed by atoms with van der Waals surface area (Å²) in [5.74, 6) is 3.68. The summed E-state index contributed by atoms with van der Waals surface area (Å²) in [6.07, 6.45) is 6.08. The second-order valence-corrected chi connectivity index (χ2v) is 2.99. The molecule has 14 heavy (non-hydrogen) atoms. The molecule has 0 saturated heterocycles. The number of aryl methyl sites for hydroxylation is 1. The van der Waals surface area contributed by atoms with Crippen molar-refractivity contribution in [1.29, 1.82) is 0 Å². The normalized spacial score (nSPS) is 11.8. The highest BCUT2D eigenvalue weighted by atomic mass is 16.1. The van der Waals surface area contributed by atoms with Gasteiger partial charge in [-0.2, -0.15) is 0 Å². The minimum Gasteiger partial charge on any atom is -0.356 e. The number of nitrogens with one attached hydrogen (secondary N) is 2. The van der Waals surface area contributed by atoms with Gasteiger partial charge in [-0.15, -0.1) is 6.42 Å². The zero-order chi connectivity index (χ0) is 10.6. The molecular weight excluding hydrogens is 178 g/mol. The van der Waals surface area contributed by atoms with Gasteiger partial charge in [0.05, 0.1) is 6.04 Å². The molecule has 4 heteroatoms. The number of aromatic nitrogens is 2. The van der Waals surface area contributed by atoms with Crippen LogP contribution in [0.2, 0.25) is 0 Å². The van der Waals surface area contributed by atoms with E-state index in [9.17, 15) is 4.79 Å². The van der Waals surface area contributed by atoms with Crippen LogP contribution in [-0.4, -0.2) is 16.0 Å². The summed E-state index contributed by atoms with van der Waals surface area (Å²) < 4.78 is 0. The SMILES string of the molecule is C#CC(CC)Nc1cc(=O)[nH]c(C)n1. The van der Waals surface area contributed by atoms with Gasteiger partial charge in [-0.25, -0.2) is 4.98 Å². The molecule has 1 rings (SSSR count). The lowest BCUT2D eigenvalue weighted by atomic mass is 10.2. The summed E-state index contributed by atoms with van der Waals surface area (Å²) in [5.41, 5.74) is -0.174. The first-order chi connectivity index (χ1) is 6.65. The third-order valence-electron chi connectivity index (χ3n) is 1.79. The predicted octanol–water partition coefficient (Wildman–Crippen LogP) is 0.902. The van der Waals surface area contributed by atoms with Gasteiger partial charge in [0.1, 0.15) is 11.6 Å². The van der Waals surface area contributed by atoms with Gasteiger partial charge in [0, 0.05) is 6.07 Å². The zero-order valence-corrected chi connectivity index (χ0v) is 8.29. The second kappa shape index (κ2) is 4.47. The van der Waals surface area contributed by atoms with Gasteiger partial charge in [0.15, 0.2) is 0 Å². The molecule has 4 nitrogen and oxygen atoms in total. The van der Waals surface area contributed by atoms with Crippen LogP contribution < -0.4 is 10.9 Å². The van der Waals surface area contributed by atoms with E-state index in [2.05, 4.69) is 21.2 Å². The van der Waals surface area contributed by atoms with Crippen molar-refractivity contribution in [3.05, 3.63) is 22.2 Å². The molecule has 74 valence electrons. The molecule has 0 aliphatic rings. The summed E-state index contributed by atoms with van der Waals surface area (Å²) in [5, 5.41) is 2.99. The van der Waals surface area contributed by atoms with Crippen LogP contribution in [0.25, 0.3) is 0 Å². The van der Waals surface area contributed by atoms with Crippen LogP contribution >= 0.6 is 0 Å². The number of hydrogen-bond acceptors (Lipinski definition) is 3. The van der Waals surface area contributed by atoms with Crippen molar-refractivity contribution in [3.63, 3.8) is 0 Å². The number of hydrogen-bond donors (Lipinski definition) is 2. The second-order valence-electron chi connectivity index (χ2n) is 2.99. The molecule has 0 saturated carbocycles.